The highest BCUT2D eigenvalue weighted by molar-refractivity contribution is 5.72. The molecule has 0 saturated heterocycles. The van der Waals surface area contributed by atoms with E-state index in [9.17, 15) is 13.6 Å². The fourth-order valence-electron chi connectivity index (χ4n) is 6.62. The van der Waals surface area contributed by atoms with Gasteiger partial charge in [-0.3, -0.25) is 4.79 Å². The second kappa shape index (κ2) is 12.4. The number of carbonyl (C=O) groups is 1. The first-order valence-corrected chi connectivity index (χ1v) is 13.9. The van der Waals surface area contributed by atoms with E-state index in [1.165, 1.54) is 31.7 Å². The first-order chi connectivity index (χ1) is 17.0. The van der Waals surface area contributed by atoms with Gasteiger partial charge in [0.15, 0.2) is 11.6 Å². The Kier molecular flexibility index (Phi) is 9.24. The number of hydrogen-bond donors (Lipinski definition) is 0. The van der Waals surface area contributed by atoms with Gasteiger partial charge in [0.25, 0.3) is 0 Å². The molecule has 0 bridgehead atoms. The Morgan fingerprint density at radius 3 is 2.14 bits per heavy atom. The molecule has 1 aromatic carbocycles. The Bertz CT molecular complexity index is 845. The van der Waals surface area contributed by atoms with Gasteiger partial charge in [0.05, 0.1) is 12.5 Å². The highest BCUT2D eigenvalue weighted by Crippen LogP contribution is 2.42. The Morgan fingerprint density at radius 2 is 1.54 bits per heavy atom. The summed E-state index contributed by atoms with van der Waals surface area (Å²) < 4.78 is 40.3. The summed E-state index contributed by atoms with van der Waals surface area (Å²) in [4.78, 5) is 12.8. The average molecular weight is 489 g/mol. The molecule has 0 N–H and O–H groups in total. The summed E-state index contributed by atoms with van der Waals surface area (Å²) in [6.45, 7) is 6.24. The van der Waals surface area contributed by atoms with Gasteiger partial charge in [-0.15, -0.1) is 6.58 Å². The molecule has 0 unspecified atom stereocenters. The summed E-state index contributed by atoms with van der Waals surface area (Å²) in [6, 6.07) is 3.19. The molecule has 0 heterocycles. The van der Waals surface area contributed by atoms with Gasteiger partial charge in [-0.1, -0.05) is 19.1 Å². The van der Waals surface area contributed by atoms with Crippen molar-refractivity contribution in [3.8, 4) is 5.75 Å². The van der Waals surface area contributed by atoms with Crippen molar-refractivity contribution in [2.75, 3.05) is 6.61 Å². The van der Waals surface area contributed by atoms with Crippen LogP contribution in [0, 0.1) is 35.3 Å². The predicted molar refractivity (Wildman–Crippen MR) is 134 cm³/mol. The molecular weight excluding hydrogens is 446 g/mol. The van der Waals surface area contributed by atoms with Crippen molar-refractivity contribution in [3.63, 3.8) is 0 Å². The van der Waals surface area contributed by atoms with Gasteiger partial charge in [0.2, 0.25) is 5.82 Å². The Hall–Kier alpha value is -1.91. The van der Waals surface area contributed by atoms with Crippen molar-refractivity contribution in [2.24, 2.45) is 23.7 Å². The number of ether oxygens (including phenoxy) is 2. The van der Waals surface area contributed by atoms with Crippen LogP contribution in [0.25, 0.3) is 0 Å². The molecule has 3 nitrogen and oxygen atoms in total. The van der Waals surface area contributed by atoms with Crippen LogP contribution in [-0.2, 0) is 9.53 Å². The minimum Gasteiger partial charge on any atom is -0.490 e. The van der Waals surface area contributed by atoms with Crippen molar-refractivity contribution in [1.82, 2.24) is 0 Å². The van der Waals surface area contributed by atoms with Gasteiger partial charge >= 0.3 is 5.97 Å². The van der Waals surface area contributed by atoms with Crippen LogP contribution in [0.5, 0.6) is 5.75 Å². The third-order valence-corrected chi connectivity index (χ3v) is 8.86. The zero-order valence-corrected chi connectivity index (χ0v) is 21.3. The Labute approximate surface area is 209 Å². The normalized spacial score (nSPS) is 31.5. The van der Waals surface area contributed by atoms with E-state index < -0.39 is 11.6 Å². The van der Waals surface area contributed by atoms with Crippen LogP contribution in [0.4, 0.5) is 8.78 Å². The van der Waals surface area contributed by atoms with Crippen LogP contribution in [0.2, 0.25) is 0 Å². The van der Waals surface area contributed by atoms with Crippen molar-refractivity contribution in [1.29, 1.82) is 0 Å². The largest absolute Gasteiger partial charge is 0.490 e. The SMILES string of the molecule is C=CC1CCC(C2CCC(C(=O)OC3CCC(c4ccc(OCCC)c(F)c4F)CC3)CC2)CC1. The molecule has 35 heavy (non-hydrogen) atoms. The molecule has 3 saturated carbocycles. The summed E-state index contributed by atoms with van der Waals surface area (Å²) in [6.07, 6.45) is 14.9. The Morgan fingerprint density at radius 1 is 0.914 bits per heavy atom. The van der Waals surface area contributed by atoms with Gasteiger partial charge in [0.1, 0.15) is 6.10 Å². The number of halogens is 2. The molecule has 0 amide bonds. The fourth-order valence-corrected chi connectivity index (χ4v) is 6.62. The van der Waals surface area contributed by atoms with E-state index in [1.54, 1.807) is 6.07 Å². The molecule has 0 spiro atoms. The van der Waals surface area contributed by atoms with E-state index in [2.05, 4.69) is 12.7 Å². The van der Waals surface area contributed by atoms with Crippen molar-refractivity contribution in [2.45, 2.75) is 102 Å². The molecule has 0 radical (unpaired) electrons. The third-order valence-electron chi connectivity index (χ3n) is 8.86. The van der Waals surface area contributed by atoms with E-state index in [0.717, 1.165) is 43.9 Å². The number of carbonyl (C=O) groups excluding carboxylic acids is 1. The van der Waals surface area contributed by atoms with Crippen molar-refractivity contribution in [3.05, 3.63) is 42.0 Å². The van der Waals surface area contributed by atoms with Gasteiger partial charge in [-0.05, 0) is 119 Å². The quantitative estimate of drug-likeness (QED) is 0.274. The average Bonchev–Trinajstić information content (AvgIpc) is 2.90. The number of benzene rings is 1. The van der Waals surface area contributed by atoms with Gasteiger partial charge in [-0.2, -0.15) is 4.39 Å². The van der Waals surface area contributed by atoms with E-state index in [4.69, 9.17) is 9.47 Å². The lowest BCUT2D eigenvalue weighted by molar-refractivity contribution is -0.157. The van der Waals surface area contributed by atoms with Crippen LogP contribution in [-0.4, -0.2) is 18.7 Å². The number of rotatable bonds is 8. The third kappa shape index (κ3) is 6.46. The van der Waals surface area contributed by atoms with Crippen LogP contribution >= 0.6 is 0 Å². The first-order valence-electron chi connectivity index (χ1n) is 13.9. The Balaban J connectivity index is 1.21. The highest BCUT2D eigenvalue weighted by Gasteiger charge is 2.35. The monoisotopic (exact) mass is 488 g/mol. The van der Waals surface area contributed by atoms with Gasteiger partial charge < -0.3 is 9.47 Å². The molecule has 5 heteroatoms. The summed E-state index contributed by atoms with van der Waals surface area (Å²) in [5.74, 6) is 0.490. The molecule has 0 atom stereocenters. The molecule has 1 aromatic rings. The summed E-state index contributed by atoms with van der Waals surface area (Å²) in [7, 11) is 0. The molecule has 4 rings (SSSR count). The van der Waals surface area contributed by atoms with Crippen molar-refractivity contribution >= 4 is 5.97 Å². The number of allylic oxidation sites excluding steroid dienone is 1. The van der Waals surface area contributed by atoms with Crippen LogP contribution in [0.15, 0.2) is 24.8 Å². The van der Waals surface area contributed by atoms with Crippen LogP contribution in [0.1, 0.15) is 102 Å². The topological polar surface area (TPSA) is 35.5 Å². The molecule has 3 fully saturated rings. The molecule has 3 aliphatic carbocycles. The maximum Gasteiger partial charge on any atom is 0.309 e. The lowest BCUT2D eigenvalue weighted by Gasteiger charge is -2.37. The van der Waals surface area contributed by atoms with E-state index in [1.807, 2.05) is 6.92 Å². The summed E-state index contributed by atoms with van der Waals surface area (Å²) >= 11 is 0. The number of hydrogen-bond acceptors (Lipinski definition) is 3. The zero-order valence-electron chi connectivity index (χ0n) is 21.3. The minimum absolute atomic E-state index is 0.0186. The molecular formula is C30H42F2O3. The summed E-state index contributed by atoms with van der Waals surface area (Å²) in [5, 5.41) is 0. The maximum absolute atomic E-state index is 14.7. The van der Waals surface area contributed by atoms with E-state index in [-0.39, 0.29) is 29.7 Å². The van der Waals surface area contributed by atoms with Gasteiger partial charge in [0, 0.05) is 0 Å². The molecule has 0 aromatic heterocycles. The highest BCUT2D eigenvalue weighted by atomic mass is 19.2. The minimum atomic E-state index is -0.895. The maximum atomic E-state index is 14.7. The zero-order chi connectivity index (χ0) is 24.8. The lowest BCUT2D eigenvalue weighted by Crippen LogP contribution is -2.32. The molecule has 194 valence electrons. The molecule has 0 aliphatic heterocycles. The summed E-state index contributed by atoms with van der Waals surface area (Å²) in [5.41, 5.74) is 0.413. The van der Waals surface area contributed by atoms with Gasteiger partial charge in [-0.25, -0.2) is 4.39 Å². The van der Waals surface area contributed by atoms with Crippen LogP contribution < -0.4 is 4.74 Å². The van der Waals surface area contributed by atoms with Crippen molar-refractivity contribution < 1.29 is 23.0 Å². The predicted octanol–water partition coefficient (Wildman–Crippen LogP) is 8.12. The number of esters is 1. The smallest absolute Gasteiger partial charge is 0.309 e. The second-order valence-electron chi connectivity index (χ2n) is 11.1. The lowest BCUT2D eigenvalue weighted by atomic mass is 9.69. The van der Waals surface area contributed by atoms with Crippen LogP contribution in [0.3, 0.4) is 0 Å². The van der Waals surface area contributed by atoms with E-state index in [0.29, 0.717) is 43.8 Å². The second-order valence-corrected chi connectivity index (χ2v) is 11.1. The molecule has 3 aliphatic rings. The van der Waals surface area contributed by atoms with E-state index >= 15 is 0 Å². The first kappa shape index (κ1) is 26.2. The fraction of sp³-hybridized carbons (Fsp3) is 0.700. The standard InChI is InChI=1S/C30H42F2O3/c1-3-19-34-27-18-17-26(28(31)29(27)32)23-13-15-25(16-14-23)35-30(33)24-11-9-22(10-12-24)21-7-5-20(4-2)6-8-21/h4,17-18,20-25H,2-3,5-16,19H2,1H3.